The minimum Gasteiger partial charge on any atom is -0.304 e. The Morgan fingerprint density at radius 3 is 2.29 bits per heavy atom. The lowest BCUT2D eigenvalue weighted by Crippen LogP contribution is -2.45. The maximum absolute atomic E-state index is 12.8. The van der Waals surface area contributed by atoms with E-state index in [9.17, 15) is 9.65 Å². The Balaban J connectivity index is 2.11. The van der Waals surface area contributed by atoms with Gasteiger partial charge in [0.1, 0.15) is 11.9 Å². The molecule has 0 amide bonds. The van der Waals surface area contributed by atoms with Gasteiger partial charge in [0.05, 0.1) is 6.07 Å². The van der Waals surface area contributed by atoms with Gasteiger partial charge in [-0.15, -0.1) is 0 Å². The molecule has 0 saturated carbocycles. The maximum atomic E-state index is 12.8. The summed E-state index contributed by atoms with van der Waals surface area (Å²) in [5.74, 6) is -0.260. The second kappa shape index (κ2) is 5.26. The lowest BCUT2D eigenvalue weighted by atomic mass is 10.1. The third-order valence-corrected chi connectivity index (χ3v) is 3.21. The average Bonchev–Trinajstić information content (AvgIpc) is 2.35. The van der Waals surface area contributed by atoms with E-state index in [0.717, 1.165) is 31.7 Å². The van der Waals surface area contributed by atoms with Crippen molar-refractivity contribution in [2.24, 2.45) is 0 Å². The van der Waals surface area contributed by atoms with Gasteiger partial charge in [-0.25, -0.2) is 4.39 Å². The van der Waals surface area contributed by atoms with E-state index in [1.54, 1.807) is 12.1 Å². The van der Waals surface area contributed by atoms with Gasteiger partial charge in [0.15, 0.2) is 0 Å². The summed E-state index contributed by atoms with van der Waals surface area (Å²) in [5, 5.41) is 9.27. The van der Waals surface area contributed by atoms with E-state index in [2.05, 4.69) is 22.9 Å². The van der Waals surface area contributed by atoms with Crippen molar-refractivity contribution in [3.8, 4) is 6.07 Å². The summed E-state index contributed by atoms with van der Waals surface area (Å²) < 4.78 is 12.8. The summed E-state index contributed by atoms with van der Waals surface area (Å²) in [6, 6.07) is 8.26. The van der Waals surface area contributed by atoms with Crippen LogP contribution in [-0.2, 0) is 0 Å². The number of rotatable bonds is 2. The quantitative estimate of drug-likeness (QED) is 0.778. The number of hydrogen-bond acceptors (Lipinski definition) is 3. The zero-order valence-electron chi connectivity index (χ0n) is 9.93. The predicted octanol–water partition coefficient (Wildman–Crippen LogP) is 1.64. The summed E-state index contributed by atoms with van der Waals surface area (Å²) >= 11 is 0. The molecule has 4 heteroatoms. The van der Waals surface area contributed by atoms with Crippen molar-refractivity contribution in [3.63, 3.8) is 0 Å². The molecule has 0 aliphatic carbocycles. The molecule has 0 aromatic heterocycles. The second-order valence-electron chi connectivity index (χ2n) is 4.42. The summed E-state index contributed by atoms with van der Waals surface area (Å²) in [6.45, 7) is 3.71. The molecular weight excluding hydrogens is 217 g/mol. The number of hydrogen-bond donors (Lipinski definition) is 0. The molecule has 1 aromatic carbocycles. The molecular formula is C13H16FN3. The van der Waals surface area contributed by atoms with E-state index >= 15 is 0 Å². The number of piperazine rings is 1. The van der Waals surface area contributed by atoms with E-state index < -0.39 is 0 Å². The zero-order chi connectivity index (χ0) is 12.3. The minimum atomic E-state index is -0.260. The van der Waals surface area contributed by atoms with Crippen molar-refractivity contribution in [3.05, 3.63) is 35.6 Å². The molecule has 1 saturated heterocycles. The van der Waals surface area contributed by atoms with Gasteiger partial charge in [-0.1, -0.05) is 12.1 Å². The summed E-state index contributed by atoms with van der Waals surface area (Å²) in [7, 11) is 2.08. The van der Waals surface area contributed by atoms with E-state index in [0.29, 0.717) is 0 Å². The van der Waals surface area contributed by atoms with Crippen LogP contribution in [0, 0.1) is 17.1 Å². The predicted molar refractivity (Wildman–Crippen MR) is 63.8 cm³/mol. The summed E-state index contributed by atoms with van der Waals surface area (Å²) in [4.78, 5) is 4.39. The first-order valence-corrected chi connectivity index (χ1v) is 5.78. The van der Waals surface area contributed by atoms with Crippen molar-refractivity contribution in [2.45, 2.75) is 6.04 Å². The van der Waals surface area contributed by atoms with E-state index in [4.69, 9.17) is 0 Å². The van der Waals surface area contributed by atoms with Gasteiger partial charge in [-0.2, -0.15) is 5.26 Å². The van der Waals surface area contributed by atoms with Crippen molar-refractivity contribution in [1.29, 1.82) is 5.26 Å². The van der Waals surface area contributed by atoms with Crippen LogP contribution in [0.1, 0.15) is 11.6 Å². The Hall–Kier alpha value is -1.44. The third-order valence-electron chi connectivity index (χ3n) is 3.21. The molecule has 1 unspecified atom stereocenters. The van der Waals surface area contributed by atoms with Crippen LogP contribution < -0.4 is 0 Å². The van der Waals surface area contributed by atoms with Gasteiger partial charge in [0, 0.05) is 26.2 Å². The monoisotopic (exact) mass is 233 g/mol. The third kappa shape index (κ3) is 2.82. The highest BCUT2D eigenvalue weighted by Crippen LogP contribution is 2.21. The smallest absolute Gasteiger partial charge is 0.123 e. The molecule has 0 radical (unpaired) electrons. The minimum absolute atomic E-state index is 0.260. The second-order valence-corrected chi connectivity index (χ2v) is 4.42. The number of nitriles is 1. The molecule has 90 valence electrons. The van der Waals surface area contributed by atoms with Crippen LogP contribution in [0.4, 0.5) is 4.39 Å². The van der Waals surface area contributed by atoms with Crippen LogP contribution in [0.25, 0.3) is 0 Å². The fourth-order valence-electron chi connectivity index (χ4n) is 2.09. The number of halogens is 1. The summed E-state index contributed by atoms with van der Waals surface area (Å²) in [6.07, 6.45) is 0. The Morgan fingerprint density at radius 2 is 1.76 bits per heavy atom. The van der Waals surface area contributed by atoms with Gasteiger partial charge in [0.25, 0.3) is 0 Å². The van der Waals surface area contributed by atoms with E-state index in [1.807, 2.05) is 0 Å². The van der Waals surface area contributed by atoms with Crippen molar-refractivity contribution >= 4 is 0 Å². The molecule has 1 atom stereocenters. The fourth-order valence-corrected chi connectivity index (χ4v) is 2.09. The molecule has 0 N–H and O–H groups in total. The Morgan fingerprint density at radius 1 is 1.18 bits per heavy atom. The molecule has 2 rings (SSSR count). The maximum Gasteiger partial charge on any atom is 0.123 e. The number of nitrogens with zero attached hydrogens (tertiary/aromatic N) is 3. The highest BCUT2D eigenvalue weighted by molar-refractivity contribution is 5.24. The molecule has 1 fully saturated rings. The number of likely N-dealkylation sites (N-methyl/N-ethyl adjacent to an activating group) is 1. The van der Waals surface area contributed by atoms with Crippen LogP contribution >= 0.6 is 0 Å². The normalized spacial score (nSPS) is 19.8. The van der Waals surface area contributed by atoms with Crippen LogP contribution in [0.5, 0.6) is 0 Å². The molecule has 0 spiro atoms. The van der Waals surface area contributed by atoms with E-state index in [-0.39, 0.29) is 11.9 Å². The van der Waals surface area contributed by atoms with Gasteiger partial charge in [-0.05, 0) is 24.7 Å². The highest BCUT2D eigenvalue weighted by Gasteiger charge is 2.23. The van der Waals surface area contributed by atoms with Gasteiger partial charge in [0.2, 0.25) is 0 Å². The Labute approximate surface area is 101 Å². The van der Waals surface area contributed by atoms with Crippen LogP contribution in [0.2, 0.25) is 0 Å². The van der Waals surface area contributed by atoms with Crippen molar-refractivity contribution < 1.29 is 4.39 Å². The van der Waals surface area contributed by atoms with Crippen molar-refractivity contribution in [1.82, 2.24) is 9.80 Å². The Bertz CT molecular complexity index is 402. The standard InChI is InChI=1S/C13H16FN3/c1-16-6-8-17(9-7-16)13(10-15)11-2-4-12(14)5-3-11/h2-5,13H,6-9H2,1H3. The lowest BCUT2D eigenvalue weighted by molar-refractivity contribution is 0.133. The van der Waals surface area contributed by atoms with Crippen molar-refractivity contribution in [2.75, 3.05) is 33.2 Å². The first-order valence-electron chi connectivity index (χ1n) is 5.78. The molecule has 0 bridgehead atoms. The SMILES string of the molecule is CN1CCN(C(C#N)c2ccc(F)cc2)CC1. The fraction of sp³-hybridized carbons (Fsp3) is 0.462. The highest BCUT2D eigenvalue weighted by atomic mass is 19.1. The largest absolute Gasteiger partial charge is 0.304 e. The zero-order valence-corrected chi connectivity index (χ0v) is 9.93. The molecule has 1 aliphatic rings. The molecule has 1 heterocycles. The molecule has 3 nitrogen and oxygen atoms in total. The van der Waals surface area contributed by atoms with Crippen LogP contribution in [0.3, 0.4) is 0 Å². The van der Waals surface area contributed by atoms with Gasteiger partial charge in [-0.3, -0.25) is 4.90 Å². The molecule has 1 aromatic rings. The molecule has 17 heavy (non-hydrogen) atoms. The summed E-state index contributed by atoms with van der Waals surface area (Å²) in [5.41, 5.74) is 0.874. The molecule has 1 aliphatic heterocycles. The lowest BCUT2D eigenvalue weighted by Gasteiger charge is -2.35. The van der Waals surface area contributed by atoms with Crippen LogP contribution in [-0.4, -0.2) is 43.0 Å². The van der Waals surface area contributed by atoms with E-state index in [1.165, 1.54) is 12.1 Å². The average molecular weight is 233 g/mol. The van der Waals surface area contributed by atoms with Gasteiger partial charge < -0.3 is 4.90 Å². The Kier molecular flexibility index (Phi) is 3.72. The van der Waals surface area contributed by atoms with Gasteiger partial charge >= 0.3 is 0 Å². The first-order chi connectivity index (χ1) is 8.20. The van der Waals surface area contributed by atoms with Crippen LogP contribution in [0.15, 0.2) is 24.3 Å². The topological polar surface area (TPSA) is 30.3 Å². The number of benzene rings is 1. The first kappa shape index (κ1) is 12.0.